The van der Waals surface area contributed by atoms with Crippen LogP contribution in [-0.2, 0) is 9.53 Å². The van der Waals surface area contributed by atoms with Gasteiger partial charge in [-0.15, -0.1) is 0 Å². The Balaban J connectivity index is 2.17. The van der Waals surface area contributed by atoms with E-state index in [1.54, 1.807) is 13.2 Å². The van der Waals surface area contributed by atoms with Gasteiger partial charge in [0, 0.05) is 11.6 Å². The van der Waals surface area contributed by atoms with Crippen molar-refractivity contribution in [2.45, 2.75) is 32.3 Å². The number of carbonyl (C=O) groups is 1. The number of carbonyl (C=O) groups excluding carboxylic acids is 1. The van der Waals surface area contributed by atoms with Crippen LogP contribution in [0.1, 0.15) is 31.7 Å². The van der Waals surface area contributed by atoms with Crippen molar-refractivity contribution >= 4 is 11.5 Å². The number of ether oxygens (including phenoxy) is 2. The third kappa shape index (κ3) is 2.73. The van der Waals surface area contributed by atoms with Crippen LogP contribution in [-0.4, -0.2) is 19.2 Å². The Hall–Kier alpha value is -1.77. The Morgan fingerprint density at radius 2 is 2.00 bits per heavy atom. The first-order chi connectivity index (χ1) is 8.74. The highest BCUT2D eigenvalue weighted by molar-refractivity contribution is 5.97. The van der Waals surface area contributed by atoms with E-state index in [1.165, 1.54) is 0 Å². The number of hydrogen-bond donors (Lipinski definition) is 0. The molecule has 0 N–H and O–H groups in total. The van der Waals surface area contributed by atoms with Crippen molar-refractivity contribution in [2.75, 3.05) is 7.11 Å². The average Bonchev–Trinajstić information content (AvgIpc) is 2.77. The molecule has 18 heavy (non-hydrogen) atoms. The van der Waals surface area contributed by atoms with Gasteiger partial charge in [0.15, 0.2) is 0 Å². The van der Waals surface area contributed by atoms with E-state index in [9.17, 15) is 4.79 Å². The summed E-state index contributed by atoms with van der Waals surface area (Å²) in [4.78, 5) is 11.4. The van der Waals surface area contributed by atoms with Gasteiger partial charge in [-0.25, -0.2) is 4.79 Å². The zero-order valence-corrected chi connectivity index (χ0v) is 10.8. The van der Waals surface area contributed by atoms with Crippen LogP contribution < -0.4 is 4.74 Å². The van der Waals surface area contributed by atoms with E-state index in [2.05, 4.69) is 6.92 Å². The summed E-state index contributed by atoms with van der Waals surface area (Å²) < 4.78 is 10.5. The Morgan fingerprint density at radius 3 is 2.61 bits per heavy atom. The van der Waals surface area contributed by atoms with Gasteiger partial charge in [-0.2, -0.15) is 0 Å². The lowest BCUT2D eigenvalue weighted by atomic mass is 9.98. The maximum Gasteiger partial charge on any atom is 0.331 e. The van der Waals surface area contributed by atoms with Gasteiger partial charge in [0.25, 0.3) is 0 Å². The first-order valence-corrected chi connectivity index (χ1v) is 6.31. The first kappa shape index (κ1) is 12.7. The average molecular weight is 246 g/mol. The molecule has 0 amide bonds. The molecule has 0 spiro atoms. The minimum atomic E-state index is -0.234. The molecule has 1 aliphatic rings. The van der Waals surface area contributed by atoms with Crippen molar-refractivity contribution in [3.05, 3.63) is 35.9 Å². The van der Waals surface area contributed by atoms with Crippen LogP contribution in [0, 0.1) is 0 Å². The maximum atomic E-state index is 11.4. The van der Waals surface area contributed by atoms with Gasteiger partial charge in [-0.05, 0) is 30.5 Å². The third-order valence-corrected chi connectivity index (χ3v) is 3.12. The molecule has 0 aliphatic carbocycles. The lowest BCUT2D eigenvalue weighted by Gasteiger charge is -2.14. The molecular formula is C15H18O3. The molecule has 1 atom stereocenters. The molecule has 0 saturated heterocycles. The van der Waals surface area contributed by atoms with Gasteiger partial charge in [-0.1, -0.05) is 25.5 Å². The van der Waals surface area contributed by atoms with Crippen LogP contribution >= 0.6 is 0 Å². The molecule has 96 valence electrons. The van der Waals surface area contributed by atoms with Gasteiger partial charge < -0.3 is 9.47 Å². The van der Waals surface area contributed by atoms with E-state index in [1.807, 2.05) is 24.3 Å². The standard InChI is InChI=1S/C15H18O3/c1-3-4-5-14-13(10-15(16)18-14)11-6-8-12(17-2)9-7-11/h6-10,14H,3-5H2,1-2H3. The van der Waals surface area contributed by atoms with Crippen LogP contribution in [0.25, 0.3) is 5.57 Å². The molecule has 1 heterocycles. The fraction of sp³-hybridized carbons (Fsp3) is 0.400. The summed E-state index contributed by atoms with van der Waals surface area (Å²) in [6, 6.07) is 7.73. The molecule has 0 bridgehead atoms. The van der Waals surface area contributed by atoms with Gasteiger partial charge in [-0.3, -0.25) is 0 Å². The van der Waals surface area contributed by atoms with Gasteiger partial charge in [0.05, 0.1) is 7.11 Å². The summed E-state index contributed by atoms with van der Waals surface area (Å²) in [5, 5.41) is 0. The van der Waals surface area contributed by atoms with E-state index >= 15 is 0 Å². The topological polar surface area (TPSA) is 35.5 Å². The molecule has 0 aromatic heterocycles. The normalized spacial score (nSPS) is 18.4. The van der Waals surface area contributed by atoms with E-state index in [0.29, 0.717) is 0 Å². The van der Waals surface area contributed by atoms with Crippen molar-refractivity contribution in [3.63, 3.8) is 0 Å². The second kappa shape index (κ2) is 5.71. The number of esters is 1. The van der Waals surface area contributed by atoms with Crippen molar-refractivity contribution < 1.29 is 14.3 Å². The minimum Gasteiger partial charge on any atom is -0.497 e. The van der Waals surface area contributed by atoms with Crippen molar-refractivity contribution in [3.8, 4) is 5.75 Å². The molecular weight excluding hydrogens is 228 g/mol. The lowest BCUT2D eigenvalue weighted by Crippen LogP contribution is -2.11. The Bertz CT molecular complexity index is 445. The Kier molecular flexibility index (Phi) is 4.03. The lowest BCUT2D eigenvalue weighted by molar-refractivity contribution is -0.138. The predicted molar refractivity (Wildman–Crippen MR) is 70.4 cm³/mol. The Morgan fingerprint density at radius 1 is 1.28 bits per heavy atom. The van der Waals surface area contributed by atoms with E-state index in [-0.39, 0.29) is 12.1 Å². The molecule has 0 radical (unpaired) electrons. The summed E-state index contributed by atoms with van der Waals surface area (Å²) in [6.07, 6.45) is 4.56. The van der Waals surface area contributed by atoms with Crippen molar-refractivity contribution in [1.82, 2.24) is 0 Å². The minimum absolute atomic E-state index is 0.0918. The van der Waals surface area contributed by atoms with E-state index in [4.69, 9.17) is 9.47 Å². The van der Waals surface area contributed by atoms with Crippen LogP contribution in [0.3, 0.4) is 0 Å². The summed E-state index contributed by atoms with van der Waals surface area (Å²) in [6.45, 7) is 2.13. The van der Waals surface area contributed by atoms with Crippen LogP contribution in [0.4, 0.5) is 0 Å². The Labute approximate surface area is 107 Å². The second-order valence-electron chi connectivity index (χ2n) is 4.40. The maximum absolute atomic E-state index is 11.4. The monoisotopic (exact) mass is 246 g/mol. The smallest absolute Gasteiger partial charge is 0.331 e. The fourth-order valence-electron chi connectivity index (χ4n) is 2.11. The van der Waals surface area contributed by atoms with Crippen molar-refractivity contribution in [1.29, 1.82) is 0 Å². The number of cyclic esters (lactones) is 1. The van der Waals surface area contributed by atoms with Crippen LogP contribution in [0.5, 0.6) is 5.75 Å². The largest absolute Gasteiger partial charge is 0.497 e. The summed E-state index contributed by atoms with van der Waals surface area (Å²) in [5.41, 5.74) is 2.01. The number of hydrogen-bond acceptors (Lipinski definition) is 3. The molecule has 2 rings (SSSR count). The third-order valence-electron chi connectivity index (χ3n) is 3.12. The molecule has 1 aromatic rings. The zero-order valence-electron chi connectivity index (χ0n) is 10.8. The SMILES string of the molecule is CCCCC1OC(=O)C=C1c1ccc(OC)cc1. The number of unbranched alkanes of at least 4 members (excludes halogenated alkanes) is 1. The number of rotatable bonds is 5. The van der Waals surface area contributed by atoms with Gasteiger partial charge in [0.1, 0.15) is 11.9 Å². The second-order valence-corrected chi connectivity index (χ2v) is 4.40. The van der Waals surface area contributed by atoms with Crippen molar-refractivity contribution in [2.24, 2.45) is 0 Å². The molecule has 3 nitrogen and oxygen atoms in total. The van der Waals surface area contributed by atoms with Gasteiger partial charge in [0.2, 0.25) is 0 Å². The fourth-order valence-corrected chi connectivity index (χ4v) is 2.11. The highest BCUT2D eigenvalue weighted by Crippen LogP contribution is 2.30. The molecule has 3 heteroatoms. The molecule has 1 aromatic carbocycles. The summed E-state index contributed by atoms with van der Waals surface area (Å²) in [7, 11) is 1.64. The highest BCUT2D eigenvalue weighted by atomic mass is 16.5. The molecule has 1 unspecified atom stereocenters. The number of methoxy groups -OCH3 is 1. The molecule has 0 saturated carbocycles. The highest BCUT2D eigenvalue weighted by Gasteiger charge is 2.26. The zero-order chi connectivity index (χ0) is 13.0. The summed E-state index contributed by atoms with van der Waals surface area (Å²) in [5.74, 6) is 0.580. The van der Waals surface area contributed by atoms with E-state index in [0.717, 1.165) is 36.1 Å². The van der Waals surface area contributed by atoms with Crippen LogP contribution in [0.15, 0.2) is 30.3 Å². The quantitative estimate of drug-likeness (QED) is 0.748. The van der Waals surface area contributed by atoms with E-state index < -0.39 is 0 Å². The molecule has 1 aliphatic heterocycles. The van der Waals surface area contributed by atoms with Gasteiger partial charge >= 0.3 is 5.97 Å². The summed E-state index contributed by atoms with van der Waals surface area (Å²) >= 11 is 0. The first-order valence-electron chi connectivity index (χ1n) is 6.31. The predicted octanol–water partition coefficient (Wildman–Crippen LogP) is 3.19. The molecule has 0 fully saturated rings. The number of benzene rings is 1. The van der Waals surface area contributed by atoms with Crippen LogP contribution in [0.2, 0.25) is 0 Å².